The van der Waals surface area contributed by atoms with E-state index >= 15 is 0 Å². The Morgan fingerprint density at radius 2 is 2.00 bits per heavy atom. The summed E-state index contributed by atoms with van der Waals surface area (Å²) in [4.78, 5) is 26.6. The highest BCUT2D eigenvalue weighted by Crippen LogP contribution is 2.27. The van der Waals surface area contributed by atoms with Gasteiger partial charge in [-0.05, 0) is 30.6 Å². The third kappa shape index (κ3) is 5.31. The van der Waals surface area contributed by atoms with Gasteiger partial charge in [-0.2, -0.15) is 17.5 Å². The lowest BCUT2D eigenvalue weighted by atomic mass is 10.1. The Kier molecular flexibility index (Phi) is 5.65. The molecule has 0 saturated carbocycles. The first kappa shape index (κ1) is 19.4. The van der Waals surface area contributed by atoms with Gasteiger partial charge in [0.1, 0.15) is 11.0 Å². The second-order valence-corrected chi connectivity index (χ2v) is 6.17. The van der Waals surface area contributed by atoms with Gasteiger partial charge >= 0.3 is 6.18 Å². The van der Waals surface area contributed by atoms with Crippen molar-refractivity contribution < 1.29 is 22.8 Å². The number of hydrogen-bond acceptors (Lipinski definition) is 7. The van der Waals surface area contributed by atoms with Gasteiger partial charge in [-0.3, -0.25) is 9.59 Å². The maximum absolute atomic E-state index is 12.6. The number of aryl methyl sites for hydroxylation is 1. The number of aromatic nitrogens is 2. The van der Waals surface area contributed by atoms with Crippen LogP contribution in [0.2, 0.25) is 0 Å². The van der Waals surface area contributed by atoms with Gasteiger partial charge in [0, 0.05) is 0 Å². The van der Waals surface area contributed by atoms with Crippen molar-refractivity contribution in [3.05, 3.63) is 29.7 Å². The van der Waals surface area contributed by atoms with E-state index in [-0.39, 0.29) is 17.1 Å². The van der Waals surface area contributed by atoms with Gasteiger partial charge in [0.2, 0.25) is 5.91 Å². The van der Waals surface area contributed by atoms with Crippen LogP contribution in [0.15, 0.2) is 18.3 Å². The Bertz CT molecular complexity index is 823. The van der Waals surface area contributed by atoms with Gasteiger partial charge in [0.15, 0.2) is 5.69 Å². The molecule has 26 heavy (non-hydrogen) atoms. The number of carbonyl (C=O) groups is 2. The molecule has 8 nitrogen and oxygen atoms in total. The van der Waals surface area contributed by atoms with Crippen molar-refractivity contribution in [2.24, 2.45) is 11.5 Å². The highest BCUT2D eigenvalue weighted by Gasteiger charge is 2.34. The number of anilines is 3. The molecule has 0 aliphatic heterocycles. The molecule has 2 aromatic heterocycles. The normalized spacial score (nSPS) is 12.5. The van der Waals surface area contributed by atoms with Crippen LogP contribution in [-0.4, -0.2) is 33.4 Å². The van der Waals surface area contributed by atoms with Gasteiger partial charge in [0.25, 0.3) is 5.91 Å². The number of carbonyl (C=O) groups excluding carboxylic acids is 2. The first-order valence-electron chi connectivity index (χ1n) is 7.18. The molecule has 6 N–H and O–H groups in total. The Hall–Kier alpha value is -2.89. The van der Waals surface area contributed by atoms with Gasteiger partial charge in [-0.25, -0.2) is 4.98 Å². The van der Waals surface area contributed by atoms with Crippen LogP contribution < -0.4 is 22.1 Å². The lowest BCUT2D eigenvalue weighted by Crippen LogP contribution is -2.39. The molecule has 2 heterocycles. The predicted molar refractivity (Wildman–Crippen MR) is 90.2 cm³/mol. The summed E-state index contributed by atoms with van der Waals surface area (Å²) in [6.07, 6.45) is -4.94. The van der Waals surface area contributed by atoms with Crippen LogP contribution in [0.4, 0.5) is 29.5 Å². The van der Waals surface area contributed by atoms with Crippen molar-refractivity contribution in [3.63, 3.8) is 0 Å². The van der Waals surface area contributed by atoms with Crippen LogP contribution in [0.1, 0.15) is 22.6 Å². The van der Waals surface area contributed by atoms with Gasteiger partial charge in [-0.15, -0.1) is 0 Å². The zero-order valence-electron chi connectivity index (χ0n) is 13.4. The Labute approximate surface area is 149 Å². The van der Waals surface area contributed by atoms with E-state index in [1.165, 1.54) is 6.07 Å². The van der Waals surface area contributed by atoms with Gasteiger partial charge in [0.05, 0.1) is 29.7 Å². The molecule has 12 heteroatoms. The molecule has 1 unspecified atom stereocenters. The van der Waals surface area contributed by atoms with E-state index in [1.54, 1.807) is 13.0 Å². The number of amides is 2. The van der Waals surface area contributed by atoms with E-state index in [0.717, 1.165) is 23.4 Å². The molecule has 2 amide bonds. The standard InChI is InChI=1S/C14H15F3N6O2S/c1-6-2-10(26-23-6)22-8-3-7(5-20-11(8)13(19)25)21-9(12(18)24)4-14(15,16)17/h2-3,5,9,21-22H,4H2,1H3,(H2,18,24)(H2,19,25). The number of pyridine rings is 1. The van der Waals surface area contributed by atoms with Crippen LogP contribution in [0.5, 0.6) is 0 Å². The largest absolute Gasteiger partial charge is 0.391 e. The molecule has 0 spiro atoms. The molecule has 0 radical (unpaired) electrons. The molecule has 140 valence electrons. The second kappa shape index (κ2) is 7.56. The number of halogens is 3. The van der Waals surface area contributed by atoms with E-state index in [9.17, 15) is 22.8 Å². The molecule has 1 atom stereocenters. The minimum absolute atomic E-state index is 0.0618. The first-order chi connectivity index (χ1) is 12.0. The highest BCUT2D eigenvalue weighted by atomic mass is 32.1. The quantitative estimate of drug-likeness (QED) is 0.572. The lowest BCUT2D eigenvalue weighted by molar-refractivity contribution is -0.144. The fourth-order valence-corrected chi connectivity index (χ4v) is 2.72. The molecule has 0 aliphatic carbocycles. The first-order valence-corrected chi connectivity index (χ1v) is 7.95. The van der Waals surface area contributed by atoms with Crippen molar-refractivity contribution in [2.45, 2.75) is 25.6 Å². The number of nitrogens with one attached hydrogen (secondary N) is 2. The van der Waals surface area contributed by atoms with E-state index < -0.39 is 30.5 Å². The predicted octanol–water partition coefficient (Wildman–Crippen LogP) is 1.91. The maximum Gasteiger partial charge on any atom is 0.391 e. The number of alkyl halides is 3. The van der Waals surface area contributed by atoms with E-state index in [0.29, 0.717) is 5.00 Å². The van der Waals surface area contributed by atoms with Gasteiger partial charge < -0.3 is 22.1 Å². The summed E-state index contributed by atoms with van der Waals surface area (Å²) >= 11 is 1.11. The number of rotatable bonds is 7. The zero-order chi connectivity index (χ0) is 19.5. The molecule has 0 aromatic carbocycles. The van der Waals surface area contributed by atoms with Crippen LogP contribution >= 0.6 is 11.5 Å². The summed E-state index contributed by atoms with van der Waals surface area (Å²) in [5.74, 6) is -2.00. The lowest BCUT2D eigenvalue weighted by Gasteiger charge is -2.19. The fraction of sp³-hybridized carbons (Fsp3) is 0.286. The smallest absolute Gasteiger partial charge is 0.372 e. The number of nitrogens with zero attached hydrogens (tertiary/aromatic N) is 2. The summed E-state index contributed by atoms with van der Waals surface area (Å²) in [6, 6.07) is 1.33. The molecule has 2 rings (SSSR count). The minimum atomic E-state index is -4.59. The molecular weight excluding hydrogens is 373 g/mol. The summed E-state index contributed by atoms with van der Waals surface area (Å²) in [5, 5.41) is 5.83. The molecular formula is C14H15F3N6O2S. The van der Waals surface area contributed by atoms with Crippen molar-refractivity contribution in [2.75, 3.05) is 10.6 Å². The van der Waals surface area contributed by atoms with Crippen LogP contribution in [0.25, 0.3) is 0 Å². The van der Waals surface area contributed by atoms with E-state index in [2.05, 4.69) is 20.0 Å². The summed E-state index contributed by atoms with van der Waals surface area (Å²) in [7, 11) is 0. The van der Waals surface area contributed by atoms with Crippen LogP contribution in [-0.2, 0) is 4.79 Å². The number of hydrogen-bond donors (Lipinski definition) is 4. The summed E-state index contributed by atoms with van der Waals surface area (Å²) in [6.45, 7) is 1.77. The third-order valence-corrected chi connectivity index (χ3v) is 3.92. The average Bonchev–Trinajstić information content (AvgIpc) is 2.90. The highest BCUT2D eigenvalue weighted by molar-refractivity contribution is 7.10. The maximum atomic E-state index is 12.6. The molecule has 0 fully saturated rings. The molecule has 0 saturated heterocycles. The van der Waals surface area contributed by atoms with E-state index in [1.807, 2.05) is 0 Å². The Balaban J connectivity index is 2.30. The molecule has 0 bridgehead atoms. The van der Waals surface area contributed by atoms with Crippen molar-refractivity contribution in [1.29, 1.82) is 0 Å². The van der Waals surface area contributed by atoms with Crippen molar-refractivity contribution in [1.82, 2.24) is 9.36 Å². The third-order valence-electron chi connectivity index (χ3n) is 3.13. The molecule has 2 aromatic rings. The molecule has 0 aliphatic rings. The Morgan fingerprint density at radius 1 is 1.31 bits per heavy atom. The van der Waals surface area contributed by atoms with Crippen molar-refractivity contribution >= 4 is 39.7 Å². The van der Waals surface area contributed by atoms with Crippen LogP contribution in [0, 0.1) is 6.92 Å². The summed E-state index contributed by atoms with van der Waals surface area (Å²) < 4.78 is 41.8. The van der Waals surface area contributed by atoms with Gasteiger partial charge in [-0.1, -0.05) is 0 Å². The SMILES string of the molecule is Cc1cc(Nc2cc(NC(CC(F)(F)F)C(N)=O)cnc2C(N)=O)sn1. The van der Waals surface area contributed by atoms with Crippen LogP contribution in [0.3, 0.4) is 0 Å². The fourth-order valence-electron chi connectivity index (χ4n) is 2.05. The minimum Gasteiger partial charge on any atom is -0.372 e. The van der Waals surface area contributed by atoms with E-state index in [4.69, 9.17) is 11.5 Å². The monoisotopic (exact) mass is 388 g/mol. The Morgan fingerprint density at radius 3 is 2.50 bits per heavy atom. The number of primary amides is 2. The topological polar surface area (TPSA) is 136 Å². The summed E-state index contributed by atoms with van der Waals surface area (Å²) in [5.41, 5.74) is 11.1. The average molecular weight is 388 g/mol. The second-order valence-electron chi connectivity index (χ2n) is 5.36. The zero-order valence-corrected chi connectivity index (χ0v) is 14.2. The van der Waals surface area contributed by atoms with Crippen molar-refractivity contribution in [3.8, 4) is 0 Å². The number of nitrogens with two attached hydrogens (primary N) is 2.